The Hall–Kier alpha value is -1.05. The molecule has 1 aliphatic carbocycles. The SMILES string of the molecule is N[C@@H]1CCCc2c1cc(Cl)c1ccccc21. The number of nitrogens with two attached hydrogens (primary N) is 1. The maximum absolute atomic E-state index is 6.30. The van der Waals surface area contributed by atoms with Gasteiger partial charge < -0.3 is 5.73 Å². The second kappa shape index (κ2) is 3.76. The van der Waals surface area contributed by atoms with E-state index in [1.54, 1.807) is 0 Å². The average Bonchev–Trinajstić information content (AvgIpc) is 2.31. The lowest BCUT2D eigenvalue weighted by Gasteiger charge is -2.24. The summed E-state index contributed by atoms with van der Waals surface area (Å²) in [5, 5.41) is 3.25. The van der Waals surface area contributed by atoms with E-state index in [1.165, 1.54) is 22.9 Å². The van der Waals surface area contributed by atoms with E-state index in [1.807, 2.05) is 6.07 Å². The molecule has 82 valence electrons. The molecule has 16 heavy (non-hydrogen) atoms. The maximum Gasteiger partial charge on any atom is 0.0487 e. The molecule has 0 aromatic heterocycles. The number of aryl methyl sites for hydroxylation is 1. The zero-order valence-electron chi connectivity index (χ0n) is 9.04. The Morgan fingerprint density at radius 2 is 1.94 bits per heavy atom. The third-order valence-corrected chi connectivity index (χ3v) is 3.79. The van der Waals surface area contributed by atoms with Gasteiger partial charge in [-0.3, -0.25) is 0 Å². The second-order valence-corrected chi connectivity index (χ2v) is 4.88. The van der Waals surface area contributed by atoms with Gasteiger partial charge in [0.2, 0.25) is 0 Å². The van der Waals surface area contributed by atoms with Crippen LogP contribution in [0, 0.1) is 0 Å². The summed E-state index contributed by atoms with van der Waals surface area (Å²) < 4.78 is 0. The Morgan fingerprint density at radius 3 is 2.75 bits per heavy atom. The van der Waals surface area contributed by atoms with Gasteiger partial charge in [-0.15, -0.1) is 0 Å². The van der Waals surface area contributed by atoms with Crippen molar-refractivity contribution in [1.82, 2.24) is 0 Å². The van der Waals surface area contributed by atoms with Gasteiger partial charge >= 0.3 is 0 Å². The zero-order valence-corrected chi connectivity index (χ0v) is 9.80. The summed E-state index contributed by atoms with van der Waals surface area (Å²) in [6.45, 7) is 0. The molecular weight excluding hydrogens is 218 g/mol. The Kier molecular flexibility index (Phi) is 2.38. The molecule has 2 N–H and O–H groups in total. The molecular formula is C14H14ClN. The normalized spacial score (nSPS) is 19.8. The van der Waals surface area contributed by atoms with Crippen molar-refractivity contribution in [2.45, 2.75) is 25.3 Å². The fraction of sp³-hybridized carbons (Fsp3) is 0.286. The lowest BCUT2D eigenvalue weighted by Crippen LogP contribution is -2.17. The maximum atomic E-state index is 6.30. The van der Waals surface area contributed by atoms with Gasteiger partial charge in [-0.05, 0) is 41.8 Å². The van der Waals surface area contributed by atoms with Crippen LogP contribution in [0.3, 0.4) is 0 Å². The molecule has 0 spiro atoms. The Balaban J connectivity index is 2.38. The molecule has 1 nitrogen and oxygen atoms in total. The van der Waals surface area contributed by atoms with Gasteiger partial charge in [0.05, 0.1) is 0 Å². The Morgan fingerprint density at radius 1 is 1.19 bits per heavy atom. The highest BCUT2D eigenvalue weighted by molar-refractivity contribution is 6.35. The molecule has 1 atom stereocenters. The summed E-state index contributed by atoms with van der Waals surface area (Å²) in [4.78, 5) is 0. The van der Waals surface area contributed by atoms with Gasteiger partial charge in [-0.2, -0.15) is 0 Å². The van der Waals surface area contributed by atoms with Crippen LogP contribution in [-0.4, -0.2) is 0 Å². The molecule has 2 aromatic carbocycles. The van der Waals surface area contributed by atoms with Crippen molar-refractivity contribution in [3.63, 3.8) is 0 Å². The average molecular weight is 232 g/mol. The first-order valence-electron chi connectivity index (χ1n) is 5.73. The number of fused-ring (bicyclic) bond motifs is 3. The smallest absolute Gasteiger partial charge is 0.0487 e. The summed E-state index contributed by atoms with van der Waals surface area (Å²) in [7, 11) is 0. The summed E-state index contributed by atoms with van der Waals surface area (Å²) in [6.07, 6.45) is 3.38. The molecule has 0 fully saturated rings. The zero-order chi connectivity index (χ0) is 11.1. The van der Waals surface area contributed by atoms with Gasteiger partial charge in [0.1, 0.15) is 0 Å². The van der Waals surface area contributed by atoms with Crippen molar-refractivity contribution in [3.8, 4) is 0 Å². The lowest BCUT2D eigenvalue weighted by molar-refractivity contribution is 0.573. The van der Waals surface area contributed by atoms with Crippen LogP contribution < -0.4 is 5.73 Å². The second-order valence-electron chi connectivity index (χ2n) is 4.47. The predicted octanol–water partition coefficient (Wildman–Crippen LogP) is 3.83. The summed E-state index contributed by atoms with van der Waals surface area (Å²) in [5.41, 5.74) is 8.79. The van der Waals surface area contributed by atoms with E-state index in [0.717, 1.165) is 23.3 Å². The summed E-state index contributed by atoms with van der Waals surface area (Å²) in [6, 6.07) is 10.5. The molecule has 0 saturated carbocycles. The largest absolute Gasteiger partial charge is 0.324 e. The highest BCUT2D eigenvalue weighted by atomic mass is 35.5. The van der Waals surface area contributed by atoms with Crippen LogP contribution in [0.2, 0.25) is 5.02 Å². The van der Waals surface area contributed by atoms with E-state index in [2.05, 4.69) is 24.3 Å². The number of halogens is 1. The van der Waals surface area contributed by atoms with Crippen LogP contribution in [0.15, 0.2) is 30.3 Å². The molecule has 1 aliphatic rings. The van der Waals surface area contributed by atoms with Crippen molar-refractivity contribution < 1.29 is 0 Å². The standard InChI is InChI=1S/C14H14ClN/c15-13-8-12-10(6-3-7-14(12)16)9-4-1-2-5-11(9)13/h1-2,4-5,8,14H,3,6-7,16H2/t14-/m1/s1. The summed E-state index contributed by atoms with van der Waals surface area (Å²) in [5.74, 6) is 0. The van der Waals surface area contributed by atoms with Gasteiger partial charge in [-0.1, -0.05) is 35.9 Å². The quantitative estimate of drug-likeness (QED) is 0.733. The molecule has 2 heteroatoms. The minimum atomic E-state index is 0.158. The molecule has 0 saturated heterocycles. The van der Waals surface area contributed by atoms with Crippen molar-refractivity contribution in [2.24, 2.45) is 5.73 Å². The van der Waals surface area contributed by atoms with Gasteiger partial charge in [-0.25, -0.2) is 0 Å². The molecule has 0 bridgehead atoms. The van der Waals surface area contributed by atoms with Crippen LogP contribution in [0.5, 0.6) is 0 Å². The minimum Gasteiger partial charge on any atom is -0.324 e. The monoisotopic (exact) mass is 231 g/mol. The molecule has 0 aliphatic heterocycles. The minimum absolute atomic E-state index is 0.158. The molecule has 0 amide bonds. The first-order chi connectivity index (χ1) is 7.77. The van der Waals surface area contributed by atoms with Crippen LogP contribution in [0.4, 0.5) is 0 Å². The van der Waals surface area contributed by atoms with E-state index in [4.69, 9.17) is 17.3 Å². The first kappa shape index (κ1) is 10.1. The van der Waals surface area contributed by atoms with Gasteiger partial charge in [0.25, 0.3) is 0 Å². The van der Waals surface area contributed by atoms with Gasteiger partial charge in [0, 0.05) is 16.5 Å². The predicted molar refractivity (Wildman–Crippen MR) is 68.8 cm³/mol. The number of rotatable bonds is 0. The van der Waals surface area contributed by atoms with Crippen LogP contribution in [0.1, 0.15) is 30.0 Å². The van der Waals surface area contributed by atoms with E-state index in [0.29, 0.717) is 0 Å². The first-order valence-corrected chi connectivity index (χ1v) is 6.11. The molecule has 3 rings (SSSR count). The Bertz CT molecular complexity index is 548. The third-order valence-electron chi connectivity index (χ3n) is 3.48. The molecule has 0 unspecified atom stereocenters. The van der Waals surface area contributed by atoms with Crippen LogP contribution in [0.25, 0.3) is 10.8 Å². The lowest BCUT2D eigenvalue weighted by atomic mass is 9.85. The topological polar surface area (TPSA) is 26.0 Å². The van der Waals surface area contributed by atoms with Crippen molar-refractivity contribution >= 4 is 22.4 Å². The molecule has 2 aromatic rings. The molecule has 0 radical (unpaired) electrons. The number of hydrogen-bond acceptors (Lipinski definition) is 1. The Labute approximate surface area is 100 Å². The molecule has 0 heterocycles. The highest BCUT2D eigenvalue weighted by Crippen LogP contribution is 2.37. The van der Waals surface area contributed by atoms with Crippen LogP contribution in [-0.2, 0) is 6.42 Å². The van der Waals surface area contributed by atoms with E-state index >= 15 is 0 Å². The van der Waals surface area contributed by atoms with Crippen molar-refractivity contribution in [3.05, 3.63) is 46.5 Å². The highest BCUT2D eigenvalue weighted by Gasteiger charge is 2.19. The van der Waals surface area contributed by atoms with E-state index in [-0.39, 0.29) is 6.04 Å². The van der Waals surface area contributed by atoms with Crippen molar-refractivity contribution in [2.75, 3.05) is 0 Å². The summed E-state index contributed by atoms with van der Waals surface area (Å²) >= 11 is 6.30. The van der Waals surface area contributed by atoms with Crippen molar-refractivity contribution in [1.29, 1.82) is 0 Å². The van der Waals surface area contributed by atoms with E-state index < -0.39 is 0 Å². The number of hydrogen-bond donors (Lipinski definition) is 1. The fourth-order valence-corrected chi connectivity index (χ4v) is 2.96. The number of benzene rings is 2. The van der Waals surface area contributed by atoms with Gasteiger partial charge in [0.15, 0.2) is 0 Å². The van der Waals surface area contributed by atoms with E-state index in [9.17, 15) is 0 Å². The third kappa shape index (κ3) is 1.43. The fourth-order valence-electron chi connectivity index (χ4n) is 2.68. The van der Waals surface area contributed by atoms with Crippen LogP contribution >= 0.6 is 11.6 Å².